The molecule has 5 nitrogen and oxygen atoms in total. The predicted octanol–water partition coefficient (Wildman–Crippen LogP) is 2.05. The molecule has 0 radical (unpaired) electrons. The number of carbonyl (C=O) groups is 1. The molecule has 0 spiro atoms. The van der Waals surface area contributed by atoms with Crippen LogP contribution < -0.4 is 10.6 Å². The maximum atomic E-state index is 12.4. The Hall–Kier alpha value is -1.80. The van der Waals surface area contributed by atoms with E-state index in [0.717, 1.165) is 5.56 Å². The highest BCUT2D eigenvalue weighted by atomic mass is 19.4. The molecular weight excluding hydrogens is 323 g/mol. The fraction of sp³-hybridized carbons (Fsp3) is 0.562. The van der Waals surface area contributed by atoms with Gasteiger partial charge in [0.25, 0.3) is 0 Å². The van der Waals surface area contributed by atoms with E-state index in [1.807, 2.05) is 30.3 Å². The van der Waals surface area contributed by atoms with Crippen LogP contribution in [0.2, 0.25) is 0 Å². The van der Waals surface area contributed by atoms with Crippen molar-refractivity contribution in [3.63, 3.8) is 0 Å². The van der Waals surface area contributed by atoms with Crippen LogP contribution in [0.3, 0.4) is 0 Å². The SMILES string of the molecule is O=C(NC1CCN(CC(F)(F)F)C1)N[C@H](CCO)c1ccccc1. The Morgan fingerprint density at radius 1 is 1.33 bits per heavy atom. The monoisotopic (exact) mass is 345 g/mol. The minimum absolute atomic E-state index is 0.0807. The third-order valence-corrected chi connectivity index (χ3v) is 3.94. The lowest BCUT2D eigenvalue weighted by molar-refractivity contribution is -0.143. The highest BCUT2D eigenvalue weighted by molar-refractivity contribution is 5.74. The number of aliphatic hydroxyl groups is 1. The summed E-state index contributed by atoms with van der Waals surface area (Å²) in [7, 11) is 0. The Bertz CT molecular complexity index is 525. The van der Waals surface area contributed by atoms with E-state index >= 15 is 0 Å². The van der Waals surface area contributed by atoms with Crippen molar-refractivity contribution in [2.45, 2.75) is 31.1 Å². The number of urea groups is 1. The second-order valence-corrected chi connectivity index (χ2v) is 5.93. The summed E-state index contributed by atoms with van der Waals surface area (Å²) in [5, 5.41) is 14.6. The summed E-state index contributed by atoms with van der Waals surface area (Å²) in [5.74, 6) is 0. The molecule has 0 saturated carbocycles. The molecule has 1 aliphatic heterocycles. The van der Waals surface area contributed by atoms with Crippen LogP contribution in [0.4, 0.5) is 18.0 Å². The zero-order valence-corrected chi connectivity index (χ0v) is 13.2. The Morgan fingerprint density at radius 2 is 2.04 bits per heavy atom. The average Bonchev–Trinajstić information content (AvgIpc) is 2.92. The molecule has 1 aromatic carbocycles. The number of aliphatic hydroxyl groups excluding tert-OH is 1. The van der Waals surface area contributed by atoms with Crippen LogP contribution in [0.5, 0.6) is 0 Å². The quantitative estimate of drug-likeness (QED) is 0.739. The lowest BCUT2D eigenvalue weighted by Crippen LogP contribution is -2.45. The van der Waals surface area contributed by atoms with Crippen LogP contribution >= 0.6 is 0 Å². The zero-order valence-electron chi connectivity index (χ0n) is 13.2. The van der Waals surface area contributed by atoms with Crippen molar-refractivity contribution in [3.8, 4) is 0 Å². The van der Waals surface area contributed by atoms with E-state index in [4.69, 9.17) is 5.11 Å². The molecule has 2 atom stereocenters. The molecule has 0 aromatic heterocycles. The largest absolute Gasteiger partial charge is 0.401 e. The summed E-state index contributed by atoms with van der Waals surface area (Å²) < 4.78 is 37.1. The second kappa shape index (κ2) is 8.34. The minimum Gasteiger partial charge on any atom is -0.396 e. The minimum atomic E-state index is -4.23. The van der Waals surface area contributed by atoms with Crippen molar-refractivity contribution < 1.29 is 23.1 Å². The van der Waals surface area contributed by atoms with Crippen molar-refractivity contribution in [1.29, 1.82) is 0 Å². The number of halogens is 3. The van der Waals surface area contributed by atoms with Crippen molar-refractivity contribution in [3.05, 3.63) is 35.9 Å². The number of amides is 2. The van der Waals surface area contributed by atoms with Gasteiger partial charge in [0, 0.05) is 25.7 Å². The first kappa shape index (κ1) is 18.5. The smallest absolute Gasteiger partial charge is 0.396 e. The van der Waals surface area contributed by atoms with Gasteiger partial charge in [0.15, 0.2) is 0 Å². The van der Waals surface area contributed by atoms with Gasteiger partial charge < -0.3 is 15.7 Å². The third-order valence-electron chi connectivity index (χ3n) is 3.94. The van der Waals surface area contributed by atoms with Crippen molar-refractivity contribution in [2.75, 3.05) is 26.2 Å². The van der Waals surface area contributed by atoms with E-state index in [9.17, 15) is 18.0 Å². The summed E-state index contributed by atoms with van der Waals surface area (Å²) in [4.78, 5) is 13.4. The van der Waals surface area contributed by atoms with Crippen LogP contribution in [0, 0.1) is 0 Å². The first-order valence-electron chi connectivity index (χ1n) is 7.89. The highest BCUT2D eigenvalue weighted by Gasteiger charge is 2.34. The molecule has 1 aromatic rings. The summed E-state index contributed by atoms with van der Waals surface area (Å²) >= 11 is 0. The number of rotatable bonds is 6. The lowest BCUT2D eigenvalue weighted by atomic mass is 10.0. The molecule has 1 unspecified atom stereocenters. The fourth-order valence-electron chi connectivity index (χ4n) is 2.87. The number of carbonyl (C=O) groups excluding carboxylic acids is 1. The number of benzene rings is 1. The van der Waals surface area contributed by atoms with E-state index < -0.39 is 18.8 Å². The number of nitrogens with one attached hydrogen (secondary N) is 2. The van der Waals surface area contributed by atoms with Crippen molar-refractivity contribution in [2.24, 2.45) is 0 Å². The Morgan fingerprint density at radius 3 is 2.67 bits per heavy atom. The van der Waals surface area contributed by atoms with Gasteiger partial charge in [0.05, 0.1) is 12.6 Å². The summed E-state index contributed by atoms with van der Waals surface area (Å²) in [6.45, 7) is -0.543. The van der Waals surface area contributed by atoms with Crippen molar-refractivity contribution >= 4 is 6.03 Å². The molecule has 3 N–H and O–H groups in total. The summed E-state index contributed by atoms with van der Waals surface area (Å²) in [5.41, 5.74) is 0.867. The molecule has 24 heavy (non-hydrogen) atoms. The van der Waals surface area contributed by atoms with E-state index in [0.29, 0.717) is 19.4 Å². The van der Waals surface area contributed by atoms with Gasteiger partial charge in [-0.25, -0.2) is 4.79 Å². The average molecular weight is 345 g/mol. The lowest BCUT2D eigenvalue weighted by Gasteiger charge is -2.21. The number of likely N-dealkylation sites (tertiary alicyclic amines) is 1. The van der Waals surface area contributed by atoms with Gasteiger partial charge in [-0.3, -0.25) is 4.90 Å². The van der Waals surface area contributed by atoms with Gasteiger partial charge >= 0.3 is 12.2 Å². The van der Waals surface area contributed by atoms with Gasteiger partial charge in [0.2, 0.25) is 0 Å². The van der Waals surface area contributed by atoms with Gasteiger partial charge in [-0.05, 0) is 18.4 Å². The van der Waals surface area contributed by atoms with E-state index in [-0.39, 0.29) is 25.2 Å². The number of alkyl halides is 3. The predicted molar refractivity (Wildman–Crippen MR) is 83.5 cm³/mol. The standard InChI is InChI=1S/C16H22F3N3O2/c17-16(18,19)11-22-8-6-13(10-22)20-15(24)21-14(7-9-23)12-4-2-1-3-5-12/h1-5,13-14,23H,6-11H2,(H2,20,21,24)/t13?,14-/m1/s1. The molecular formula is C16H22F3N3O2. The molecule has 8 heteroatoms. The molecule has 0 aliphatic carbocycles. The Labute approximate surface area is 138 Å². The molecule has 1 fully saturated rings. The number of hydrogen-bond acceptors (Lipinski definition) is 3. The molecule has 2 rings (SSSR count). The number of nitrogens with zero attached hydrogens (tertiary/aromatic N) is 1. The van der Waals surface area contributed by atoms with Crippen LogP contribution in [0.15, 0.2) is 30.3 Å². The molecule has 0 bridgehead atoms. The van der Waals surface area contributed by atoms with E-state index in [1.165, 1.54) is 4.90 Å². The van der Waals surface area contributed by atoms with Gasteiger partial charge in [-0.1, -0.05) is 30.3 Å². The molecule has 1 heterocycles. The van der Waals surface area contributed by atoms with E-state index in [1.54, 1.807) is 0 Å². The van der Waals surface area contributed by atoms with Crippen LogP contribution in [-0.2, 0) is 0 Å². The normalized spacial score (nSPS) is 19.9. The third kappa shape index (κ3) is 6.01. The summed E-state index contributed by atoms with van der Waals surface area (Å²) in [6, 6.07) is 8.14. The van der Waals surface area contributed by atoms with Crippen molar-refractivity contribution in [1.82, 2.24) is 15.5 Å². The first-order valence-corrected chi connectivity index (χ1v) is 7.89. The number of hydrogen-bond donors (Lipinski definition) is 3. The molecule has 1 saturated heterocycles. The maximum absolute atomic E-state index is 12.4. The van der Waals surface area contributed by atoms with Gasteiger partial charge in [-0.2, -0.15) is 13.2 Å². The fourth-order valence-corrected chi connectivity index (χ4v) is 2.87. The van der Waals surface area contributed by atoms with Gasteiger partial charge in [-0.15, -0.1) is 0 Å². The topological polar surface area (TPSA) is 64.6 Å². The van der Waals surface area contributed by atoms with Crippen LogP contribution in [0.1, 0.15) is 24.4 Å². The maximum Gasteiger partial charge on any atom is 0.401 e. The molecule has 134 valence electrons. The van der Waals surface area contributed by atoms with Crippen LogP contribution in [-0.4, -0.2) is 54.5 Å². The second-order valence-electron chi connectivity index (χ2n) is 5.93. The molecule has 2 amide bonds. The zero-order chi connectivity index (χ0) is 17.6. The van der Waals surface area contributed by atoms with E-state index in [2.05, 4.69) is 10.6 Å². The highest BCUT2D eigenvalue weighted by Crippen LogP contribution is 2.20. The van der Waals surface area contributed by atoms with Gasteiger partial charge in [0.1, 0.15) is 0 Å². The Kier molecular flexibility index (Phi) is 6.44. The summed E-state index contributed by atoms with van der Waals surface area (Å²) in [6.07, 6.45) is -3.38. The first-order chi connectivity index (χ1) is 11.4. The Balaban J connectivity index is 1.84. The molecule has 1 aliphatic rings. The van der Waals surface area contributed by atoms with Crippen LogP contribution in [0.25, 0.3) is 0 Å².